The Morgan fingerprint density at radius 3 is 2.55 bits per heavy atom. The summed E-state index contributed by atoms with van der Waals surface area (Å²) in [6.07, 6.45) is 1.53. The fourth-order valence-corrected chi connectivity index (χ4v) is 5.40. The second-order valence-corrected chi connectivity index (χ2v) is 10.8. The van der Waals surface area contributed by atoms with Crippen LogP contribution in [0.2, 0.25) is 0 Å². The quantitative estimate of drug-likeness (QED) is 0.150. The van der Waals surface area contributed by atoms with Crippen molar-refractivity contribution in [1.29, 1.82) is 0 Å². The Bertz CT molecular complexity index is 2000. The largest absolute Gasteiger partial charge is 0.490 e. The van der Waals surface area contributed by atoms with Gasteiger partial charge in [-0.15, -0.1) is 0 Å². The van der Waals surface area contributed by atoms with Crippen molar-refractivity contribution >= 4 is 59.9 Å². The minimum Gasteiger partial charge on any atom is -0.490 e. The first-order valence-electron chi connectivity index (χ1n) is 13.0. The molecule has 0 aliphatic rings. The second-order valence-electron chi connectivity index (χ2n) is 9.20. The third kappa shape index (κ3) is 5.35. The van der Waals surface area contributed by atoms with Crippen molar-refractivity contribution in [2.45, 2.75) is 13.5 Å². The summed E-state index contributed by atoms with van der Waals surface area (Å²) in [5.41, 5.74) is 1.86. The molecule has 2 heterocycles. The van der Waals surface area contributed by atoms with E-state index >= 15 is 0 Å². The summed E-state index contributed by atoms with van der Waals surface area (Å²) in [6, 6.07) is 24.6. The highest BCUT2D eigenvalue weighted by Crippen LogP contribution is 2.43. The van der Waals surface area contributed by atoms with Gasteiger partial charge in [0.1, 0.15) is 18.0 Å². The van der Waals surface area contributed by atoms with Gasteiger partial charge in [-0.05, 0) is 75.2 Å². The number of benzene rings is 4. The van der Waals surface area contributed by atoms with Gasteiger partial charge in [0.05, 0.1) is 28.2 Å². The first-order valence-corrected chi connectivity index (χ1v) is 14.6. The lowest BCUT2D eigenvalue weighted by Gasteiger charge is -2.16. The van der Waals surface area contributed by atoms with Crippen LogP contribution in [0.5, 0.6) is 11.5 Å². The zero-order valence-corrected chi connectivity index (χ0v) is 25.4. The SMILES string of the molecule is CCOc1cc(C=Nn2c(-c3cc4ccccc4o3)nc3ccccc3c2=O)c(Br)c(Br)c1OCc1ccccc1F. The maximum absolute atomic E-state index is 14.2. The van der Waals surface area contributed by atoms with E-state index < -0.39 is 0 Å². The lowest BCUT2D eigenvalue weighted by atomic mass is 10.2. The standard InChI is InChI=1S/C32H22Br2FN3O4/c1-2-40-26-16-21(28(33)29(34)30(26)41-18-20-10-3-6-12-23(20)35)17-36-38-31(27-15-19-9-4-8-14-25(19)42-27)37-24-13-7-5-11-22(24)32(38)39/h3-17H,2,18H2,1H3. The molecule has 0 fully saturated rings. The number of rotatable bonds is 8. The van der Waals surface area contributed by atoms with E-state index in [2.05, 4.69) is 37.0 Å². The van der Waals surface area contributed by atoms with Gasteiger partial charge in [0.2, 0.25) is 5.82 Å². The molecule has 0 aliphatic heterocycles. The molecular weight excluding hydrogens is 669 g/mol. The summed E-state index contributed by atoms with van der Waals surface area (Å²) in [6.45, 7) is 2.22. The Morgan fingerprint density at radius 1 is 0.976 bits per heavy atom. The molecule has 0 saturated carbocycles. The predicted molar refractivity (Wildman–Crippen MR) is 168 cm³/mol. The third-order valence-corrected chi connectivity index (χ3v) is 8.64. The van der Waals surface area contributed by atoms with Gasteiger partial charge in [-0.1, -0.05) is 48.5 Å². The maximum Gasteiger partial charge on any atom is 0.282 e. The van der Waals surface area contributed by atoms with Crippen molar-refractivity contribution in [3.8, 4) is 23.1 Å². The first-order chi connectivity index (χ1) is 20.4. The number of nitrogens with zero attached hydrogens (tertiary/aromatic N) is 3. The Labute approximate surface area is 256 Å². The minimum absolute atomic E-state index is 0.00420. The molecule has 7 nitrogen and oxygen atoms in total. The van der Waals surface area contributed by atoms with Gasteiger partial charge in [0.15, 0.2) is 17.3 Å². The van der Waals surface area contributed by atoms with Gasteiger partial charge >= 0.3 is 0 Å². The molecule has 0 unspecified atom stereocenters. The normalized spacial score (nSPS) is 11.5. The van der Waals surface area contributed by atoms with Crippen LogP contribution in [0.4, 0.5) is 4.39 Å². The van der Waals surface area contributed by atoms with Crippen molar-refractivity contribution in [3.05, 3.63) is 121 Å². The summed E-state index contributed by atoms with van der Waals surface area (Å²) < 4.78 is 34.5. The lowest BCUT2D eigenvalue weighted by molar-refractivity contribution is 0.264. The highest BCUT2D eigenvalue weighted by atomic mass is 79.9. The average Bonchev–Trinajstić information content (AvgIpc) is 3.44. The molecule has 210 valence electrons. The van der Waals surface area contributed by atoms with Crippen LogP contribution in [0.1, 0.15) is 18.1 Å². The molecule has 0 saturated heterocycles. The zero-order valence-electron chi connectivity index (χ0n) is 22.2. The smallest absolute Gasteiger partial charge is 0.282 e. The maximum atomic E-state index is 14.2. The van der Waals surface area contributed by atoms with Gasteiger partial charge in [0.25, 0.3) is 5.56 Å². The molecule has 6 aromatic rings. The van der Waals surface area contributed by atoms with Gasteiger partial charge in [-0.2, -0.15) is 9.78 Å². The van der Waals surface area contributed by atoms with Crippen LogP contribution in [0.15, 0.2) is 108 Å². The minimum atomic E-state index is -0.357. The van der Waals surface area contributed by atoms with E-state index in [-0.39, 0.29) is 23.8 Å². The Morgan fingerprint density at radius 2 is 1.74 bits per heavy atom. The summed E-state index contributed by atoms with van der Waals surface area (Å²) >= 11 is 7.19. The fraction of sp³-hybridized carbons (Fsp3) is 0.0938. The van der Waals surface area contributed by atoms with Gasteiger partial charge in [0, 0.05) is 21.0 Å². The average molecular weight is 691 g/mol. The monoisotopic (exact) mass is 689 g/mol. The van der Waals surface area contributed by atoms with Crippen molar-refractivity contribution in [2.24, 2.45) is 5.10 Å². The Hall–Kier alpha value is -4.28. The fourth-order valence-electron chi connectivity index (χ4n) is 4.46. The number of para-hydroxylation sites is 2. The van der Waals surface area contributed by atoms with E-state index in [1.165, 1.54) is 17.0 Å². The molecule has 0 aliphatic carbocycles. The Kier molecular flexibility index (Phi) is 7.90. The van der Waals surface area contributed by atoms with Gasteiger partial charge in [-0.25, -0.2) is 9.37 Å². The number of fused-ring (bicyclic) bond motifs is 2. The molecule has 0 bridgehead atoms. The number of ether oxygens (including phenoxy) is 2. The number of furan rings is 1. The first kappa shape index (κ1) is 27.9. The third-order valence-electron chi connectivity index (χ3n) is 6.50. The van der Waals surface area contributed by atoms with Crippen LogP contribution < -0.4 is 15.0 Å². The highest BCUT2D eigenvalue weighted by molar-refractivity contribution is 9.13. The molecule has 4 aromatic carbocycles. The molecule has 0 N–H and O–H groups in total. The van der Waals surface area contributed by atoms with Crippen LogP contribution in [0.3, 0.4) is 0 Å². The summed E-state index contributed by atoms with van der Waals surface area (Å²) in [4.78, 5) is 18.4. The lowest BCUT2D eigenvalue weighted by Crippen LogP contribution is -2.20. The van der Waals surface area contributed by atoms with Gasteiger partial charge in [-0.3, -0.25) is 4.79 Å². The van der Waals surface area contributed by atoms with E-state index in [9.17, 15) is 9.18 Å². The van der Waals surface area contributed by atoms with Crippen LogP contribution >= 0.6 is 31.9 Å². The van der Waals surface area contributed by atoms with Crippen LogP contribution in [0, 0.1) is 5.82 Å². The molecule has 42 heavy (non-hydrogen) atoms. The van der Waals surface area contributed by atoms with Gasteiger partial charge < -0.3 is 13.9 Å². The molecule has 0 spiro atoms. The van der Waals surface area contributed by atoms with E-state index in [1.807, 2.05) is 43.3 Å². The van der Waals surface area contributed by atoms with E-state index in [0.717, 1.165) is 5.39 Å². The van der Waals surface area contributed by atoms with E-state index in [0.29, 0.717) is 60.4 Å². The summed E-state index contributed by atoms with van der Waals surface area (Å²) in [5.74, 6) is 1.13. The molecule has 0 amide bonds. The Balaban J connectivity index is 1.44. The van der Waals surface area contributed by atoms with Crippen LogP contribution in [0.25, 0.3) is 33.5 Å². The van der Waals surface area contributed by atoms with Crippen molar-refractivity contribution in [2.75, 3.05) is 6.61 Å². The predicted octanol–water partition coefficient (Wildman–Crippen LogP) is 8.33. The summed E-state index contributed by atoms with van der Waals surface area (Å²) in [7, 11) is 0. The van der Waals surface area contributed by atoms with Crippen LogP contribution in [-0.2, 0) is 6.61 Å². The highest BCUT2D eigenvalue weighted by Gasteiger charge is 2.19. The number of hydrogen-bond acceptors (Lipinski definition) is 6. The van der Waals surface area contributed by atoms with Crippen molar-refractivity contribution in [3.63, 3.8) is 0 Å². The summed E-state index contributed by atoms with van der Waals surface area (Å²) in [5, 5.41) is 5.87. The number of hydrogen-bond donors (Lipinski definition) is 0. The van der Waals surface area contributed by atoms with E-state index in [4.69, 9.17) is 18.9 Å². The molecular formula is C32H22Br2FN3O4. The second kappa shape index (κ2) is 11.9. The van der Waals surface area contributed by atoms with Crippen LogP contribution in [-0.4, -0.2) is 22.5 Å². The molecule has 2 aromatic heterocycles. The van der Waals surface area contributed by atoms with E-state index in [1.54, 1.807) is 42.5 Å². The molecule has 0 radical (unpaired) electrons. The molecule has 10 heteroatoms. The topological polar surface area (TPSA) is 78.9 Å². The number of aromatic nitrogens is 2. The van der Waals surface area contributed by atoms with Crippen molar-refractivity contribution < 1.29 is 18.3 Å². The molecule has 0 atom stereocenters. The van der Waals surface area contributed by atoms with Crippen molar-refractivity contribution in [1.82, 2.24) is 9.66 Å². The number of halogens is 3. The zero-order chi connectivity index (χ0) is 29.2. The molecule has 6 rings (SSSR count).